The number of amidine groups is 1. The summed E-state index contributed by atoms with van der Waals surface area (Å²) in [6.07, 6.45) is 0. The number of rotatable bonds is 6. The number of para-hydroxylation sites is 2. The van der Waals surface area contributed by atoms with Crippen molar-refractivity contribution in [2.75, 3.05) is 5.32 Å². The van der Waals surface area contributed by atoms with Crippen LogP contribution in [0.4, 0.5) is 11.4 Å². The first kappa shape index (κ1) is 27.3. The minimum absolute atomic E-state index is 0.364. The van der Waals surface area contributed by atoms with Crippen LogP contribution in [0.25, 0.3) is 0 Å². The average Bonchev–Trinajstić information content (AvgIpc) is 2.83. The Hall–Kier alpha value is -3.31. The van der Waals surface area contributed by atoms with Crippen LogP contribution in [-0.4, -0.2) is 5.84 Å². The molecule has 2 nitrogen and oxygen atoms in total. The van der Waals surface area contributed by atoms with Crippen LogP contribution in [0.1, 0.15) is 112 Å². The van der Waals surface area contributed by atoms with Gasteiger partial charge in [-0.05, 0) is 70.9 Å². The zero-order valence-electron chi connectivity index (χ0n) is 23.5. The van der Waals surface area contributed by atoms with Crippen LogP contribution in [0.5, 0.6) is 0 Å². The van der Waals surface area contributed by atoms with E-state index in [2.05, 4.69) is 140 Å². The zero-order valence-corrected chi connectivity index (χ0v) is 23.5. The zero-order chi connectivity index (χ0) is 26.4. The molecule has 188 valence electrons. The van der Waals surface area contributed by atoms with Crippen LogP contribution in [0.15, 0.2) is 65.7 Å². The van der Waals surface area contributed by atoms with E-state index >= 15 is 0 Å². The van der Waals surface area contributed by atoms with Gasteiger partial charge in [-0.1, -0.05) is 115 Å². The van der Waals surface area contributed by atoms with Gasteiger partial charge >= 0.3 is 0 Å². The van der Waals surface area contributed by atoms with E-state index < -0.39 is 0 Å². The smallest absolute Gasteiger partial charge is 0.183 e. The maximum absolute atomic E-state index is 5.26. The fraction of sp³-hybridized carbons (Fsp3) is 0.382. The monoisotopic (exact) mass is 478 g/mol. The Morgan fingerprint density at radius 3 is 1.53 bits per heavy atom. The van der Waals surface area contributed by atoms with E-state index in [0.29, 0.717) is 29.5 Å². The minimum atomic E-state index is 0.364. The molecule has 36 heavy (non-hydrogen) atoms. The summed E-state index contributed by atoms with van der Waals surface area (Å²) in [6, 6.07) is 21.5. The normalized spacial score (nSPS) is 11.9. The Bertz CT molecular complexity index is 1210. The van der Waals surface area contributed by atoms with Crippen molar-refractivity contribution in [2.45, 2.75) is 86.0 Å². The molecule has 1 N–H and O–H groups in total. The van der Waals surface area contributed by atoms with E-state index in [9.17, 15) is 0 Å². The van der Waals surface area contributed by atoms with Crippen LogP contribution in [0, 0.1) is 18.8 Å². The lowest BCUT2D eigenvalue weighted by molar-refractivity contribution is 0.834. The number of aryl methyl sites for hydroxylation is 1. The van der Waals surface area contributed by atoms with Gasteiger partial charge in [-0.2, -0.15) is 0 Å². The molecule has 0 aliphatic heterocycles. The number of nitrogens with zero attached hydrogens (tertiary/aromatic N) is 1. The van der Waals surface area contributed by atoms with E-state index in [1.807, 2.05) is 0 Å². The highest BCUT2D eigenvalue weighted by molar-refractivity contribution is 6.10. The molecule has 0 radical (unpaired) electrons. The molecule has 0 heterocycles. The molecule has 3 aromatic rings. The standard InChI is InChI=1S/C34H42N2/c1-22(2)28-12-10-13-29(23(3)4)33(28)35-32(21-20-27-18-16-26(9)17-19-27)36-34-30(24(5)6)14-11-15-31(34)25(7)8/h10-19,22-25H,1-9H3,(H,35,36). The van der Waals surface area contributed by atoms with Crippen LogP contribution in [0.2, 0.25) is 0 Å². The van der Waals surface area contributed by atoms with E-state index in [1.165, 1.54) is 27.8 Å². The maximum Gasteiger partial charge on any atom is 0.183 e. The second-order valence-electron chi connectivity index (χ2n) is 10.9. The van der Waals surface area contributed by atoms with Crippen molar-refractivity contribution in [2.24, 2.45) is 4.99 Å². The number of hydrogen-bond donors (Lipinski definition) is 1. The molecular formula is C34H42N2. The van der Waals surface area contributed by atoms with Gasteiger partial charge in [0.25, 0.3) is 0 Å². The lowest BCUT2D eigenvalue weighted by atomic mass is 9.92. The summed E-state index contributed by atoms with van der Waals surface area (Å²) in [5.74, 6) is 8.94. The van der Waals surface area contributed by atoms with E-state index in [0.717, 1.165) is 16.9 Å². The molecule has 0 fully saturated rings. The maximum atomic E-state index is 5.26. The third-order valence-electron chi connectivity index (χ3n) is 6.56. The molecule has 3 rings (SSSR count). The number of aliphatic imine (C=N–C) groups is 1. The molecule has 2 heteroatoms. The topological polar surface area (TPSA) is 24.4 Å². The van der Waals surface area contributed by atoms with Crippen molar-refractivity contribution in [3.05, 3.63) is 94.0 Å². The first-order valence-electron chi connectivity index (χ1n) is 13.3. The first-order chi connectivity index (χ1) is 17.1. The highest BCUT2D eigenvalue weighted by atomic mass is 15.0. The number of nitrogens with one attached hydrogen (secondary N) is 1. The van der Waals surface area contributed by atoms with Gasteiger partial charge in [-0.15, -0.1) is 0 Å². The molecule has 0 aliphatic carbocycles. The van der Waals surface area contributed by atoms with Gasteiger partial charge < -0.3 is 5.32 Å². The van der Waals surface area contributed by atoms with E-state index in [4.69, 9.17) is 4.99 Å². The molecule has 0 bridgehead atoms. The fourth-order valence-electron chi connectivity index (χ4n) is 4.42. The Morgan fingerprint density at radius 2 is 1.08 bits per heavy atom. The van der Waals surface area contributed by atoms with Gasteiger partial charge in [-0.25, -0.2) is 4.99 Å². The predicted octanol–water partition coefficient (Wildman–Crippen LogP) is 9.68. The van der Waals surface area contributed by atoms with E-state index in [1.54, 1.807) is 0 Å². The number of benzene rings is 3. The van der Waals surface area contributed by atoms with E-state index in [-0.39, 0.29) is 0 Å². The summed E-state index contributed by atoms with van der Waals surface area (Å²) in [6.45, 7) is 20.0. The number of anilines is 1. The van der Waals surface area contributed by atoms with Gasteiger partial charge in [0.05, 0.1) is 5.69 Å². The van der Waals surface area contributed by atoms with Gasteiger partial charge in [0, 0.05) is 11.3 Å². The summed E-state index contributed by atoms with van der Waals surface area (Å²) < 4.78 is 0. The lowest BCUT2D eigenvalue weighted by Gasteiger charge is -2.21. The van der Waals surface area contributed by atoms with Gasteiger partial charge in [0.1, 0.15) is 0 Å². The quantitative estimate of drug-likeness (QED) is 0.213. The second kappa shape index (κ2) is 12.1. The molecule has 0 atom stereocenters. The Balaban J connectivity index is 2.25. The van der Waals surface area contributed by atoms with Gasteiger partial charge in [0.15, 0.2) is 5.84 Å². The van der Waals surface area contributed by atoms with Crippen molar-refractivity contribution in [1.82, 2.24) is 0 Å². The summed E-state index contributed by atoms with van der Waals surface area (Å²) in [5.41, 5.74) is 9.45. The molecule has 0 saturated carbocycles. The van der Waals surface area contributed by atoms with Gasteiger partial charge in [0.2, 0.25) is 0 Å². The summed E-state index contributed by atoms with van der Waals surface area (Å²) >= 11 is 0. The molecule has 0 amide bonds. The Kier molecular flexibility index (Phi) is 9.16. The highest BCUT2D eigenvalue weighted by Gasteiger charge is 2.17. The van der Waals surface area contributed by atoms with Crippen LogP contribution < -0.4 is 5.32 Å². The summed E-state index contributed by atoms with van der Waals surface area (Å²) in [4.78, 5) is 5.26. The molecule has 0 aliphatic rings. The first-order valence-corrected chi connectivity index (χ1v) is 13.3. The van der Waals surface area contributed by atoms with Crippen LogP contribution in [-0.2, 0) is 0 Å². The molecule has 3 aromatic carbocycles. The van der Waals surface area contributed by atoms with Crippen molar-refractivity contribution < 1.29 is 0 Å². The van der Waals surface area contributed by atoms with Crippen molar-refractivity contribution in [1.29, 1.82) is 0 Å². The summed E-state index contributed by atoms with van der Waals surface area (Å²) in [5, 5.41) is 3.72. The molecule has 0 aromatic heterocycles. The van der Waals surface area contributed by atoms with Crippen LogP contribution >= 0.6 is 0 Å². The largest absolute Gasteiger partial charge is 0.332 e. The second-order valence-corrected chi connectivity index (χ2v) is 10.9. The highest BCUT2D eigenvalue weighted by Crippen LogP contribution is 2.36. The number of hydrogen-bond acceptors (Lipinski definition) is 1. The summed E-state index contributed by atoms with van der Waals surface area (Å²) in [7, 11) is 0. The fourth-order valence-corrected chi connectivity index (χ4v) is 4.42. The Morgan fingerprint density at radius 1 is 0.639 bits per heavy atom. The third-order valence-corrected chi connectivity index (χ3v) is 6.56. The molecule has 0 saturated heterocycles. The Labute approximate surface area is 219 Å². The van der Waals surface area contributed by atoms with Crippen molar-refractivity contribution >= 4 is 17.2 Å². The third kappa shape index (κ3) is 6.67. The predicted molar refractivity (Wildman–Crippen MR) is 158 cm³/mol. The van der Waals surface area contributed by atoms with Crippen molar-refractivity contribution in [3.63, 3.8) is 0 Å². The van der Waals surface area contributed by atoms with Crippen molar-refractivity contribution in [3.8, 4) is 11.8 Å². The molecule has 0 spiro atoms. The molecule has 0 unspecified atom stereocenters. The minimum Gasteiger partial charge on any atom is -0.332 e. The van der Waals surface area contributed by atoms with Gasteiger partial charge in [-0.3, -0.25) is 0 Å². The molecular weight excluding hydrogens is 436 g/mol. The lowest BCUT2D eigenvalue weighted by Crippen LogP contribution is -2.15. The average molecular weight is 479 g/mol. The van der Waals surface area contributed by atoms with Crippen LogP contribution in [0.3, 0.4) is 0 Å². The SMILES string of the molecule is Cc1ccc(C#CC(=Nc2c(C(C)C)cccc2C(C)C)Nc2c(C(C)C)cccc2C(C)C)cc1.